The minimum atomic E-state index is -0.261. The van der Waals surface area contributed by atoms with E-state index in [-0.39, 0.29) is 17.8 Å². The maximum Gasteiger partial charge on any atom is 0.224 e. The van der Waals surface area contributed by atoms with Crippen molar-refractivity contribution < 1.29 is 9.18 Å². The number of nitrogens with zero attached hydrogens (tertiary/aromatic N) is 1. The van der Waals surface area contributed by atoms with Crippen LogP contribution in [0, 0.1) is 5.82 Å². The minimum absolute atomic E-state index is 0.0575. The van der Waals surface area contributed by atoms with Crippen molar-refractivity contribution in [3.05, 3.63) is 35.6 Å². The Morgan fingerprint density at radius 2 is 2.07 bits per heavy atom. The number of carbonyl (C=O) groups excluding carboxylic acids is 1. The van der Waals surface area contributed by atoms with Crippen molar-refractivity contribution in [1.29, 1.82) is 0 Å². The van der Waals surface area contributed by atoms with Gasteiger partial charge < -0.3 is 10.6 Å². The second-order valence-corrected chi connectivity index (χ2v) is 3.86. The molecule has 80 valence electrons. The molecule has 0 radical (unpaired) electrons. The average Bonchev–Trinajstić information content (AvgIpc) is 2.49. The van der Waals surface area contributed by atoms with Gasteiger partial charge in [-0.2, -0.15) is 0 Å². The highest BCUT2D eigenvalue weighted by Crippen LogP contribution is 2.13. The van der Waals surface area contributed by atoms with Crippen LogP contribution in [0.2, 0.25) is 0 Å². The van der Waals surface area contributed by atoms with Gasteiger partial charge in [-0.1, -0.05) is 12.1 Å². The molecule has 1 aliphatic rings. The first-order chi connectivity index (χ1) is 7.15. The molecular formula is C11H13FN2O. The van der Waals surface area contributed by atoms with Crippen LogP contribution in [0.25, 0.3) is 0 Å². The molecule has 1 unspecified atom stereocenters. The van der Waals surface area contributed by atoms with Crippen LogP contribution in [-0.2, 0) is 11.3 Å². The molecule has 3 nitrogen and oxygen atoms in total. The molecule has 1 fully saturated rings. The minimum Gasteiger partial charge on any atom is -0.337 e. The van der Waals surface area contributed by atoms with E-state index in [1.165, 1.54) is 12.1 Å². The van der Waals surface area contributed by atoms with Gasteiger partial charge in [-0.3, -0.25) is 4.79 Å². The van der Waals surface area contributed by atoms with Gasteiger partial charge in [0.25, 0.3) is 0 Å². The highest BCUT2D eigenvalue weighted by atomic mass is 19.1. The third-order valence-electron chi connectivity index (χ3n) is 2.53. The molecule has 0 spiro atoms. The smallest absolute Gasteiger partial charge is 0.224 e. The number of rotatable bonds is 2. The van der Waals surface area contributed by atoms with Gasteiger partial charge in [0.05, 0.1) is 0 Å². The van der Waals surface area contributed by atoms with Crippen LogP contribution in [-0.4, -0.2) is 23.4 Å². The number of amides is 1. The molecule has 15 heavy (non-hydrogen) atoms. The third-order valence-corrected chi connectivity index (χ3v) is 2.53. The second-order valence-electron chi connectivity index (χ2n) is 3.86. The Bertz CT molecular complexity index is 363. The Kier molecular flexibility index (Phi) is 2.68. The summed E-state index contributed by atoms with van der Waals surface area (Å²) in [6, 6.07) is 6.11. The summed E-state index contributed by atoms with van der Waals surface area (Å²) in [6.45, 7) is 1.11. The highest BCUT2D eigenvalue weighted by molar-refractivity contribution is 5.79. The maximum absolute atomic E-state index is 12.6. The van der Waals surface area contributed by atoms with Crippen molar-refractivity contribution in [1.82, 2.24) is 4.90 Å². The fraction of sp³-hybridized carbons (Fsp3) is 0.364. The van der Waals surface area contributed by atoms with Crippen molar-refractivity contribution in [2.45, 2.75) is 19.0 Å². The summed E-state index contributed by atoms with van der Waals surface area (Å²) >= 11 is 0. The van der Waals surface area contributed by atoms with E-state index in [1.807, 2.05) is 0 Å². The van der Waals surface area contributed by atoms with Gasteiger partial charge in [0.1, 0.15) is 5.82 Å². The molecule has 1 saturated heterocycles. The van der Waals surface area contributed by atoms with E-state index < -0.39 is 0 Å². The topological polar surface area (TPSA) is 46.3 Å². The molecule has 4 heteroatoms. The summed E-state index contributed by atoms with van der Waals surface area (Å²) in [5.41, 5.74) is 6.60. The molecule has 1 amide bonds. The van der Waals surface area contributed by atoms with Gasteiger partial charge in [-0.05, 0) is 17.7 Å². The van der Waals surface area contributed by atoms with Crippen LogP contribution in [0.5, 0.6) is 0 Å². The predicted molar refractivity (Wildman–Crippen MR) is 54.4 cm³/mol. The van der Waals surface area contributed by atoms with Gasteiger partial charge >= 0.3 is 0 Å². The summed E-state index contributed by atoms with van der Waals surface area (Å²) in [4.78, 5) is 13.1. The van der Waals surface area contributed by atoms with Gasteiger partial charge in [0.2, 0.25) is 5.91 Å². The van der Waals surface area contributed by atoms with Gasteiger partial charge in [0.15, 0.2) is 0 Å². The van der Waals surface area contributed by atoms with Gasteiger partial charge in [0, 0.05) is 25.6 Å². The number of hydrogen-bond acceptors (Lipinski definition) is 2. The van der Waals surface area contributed by atoms with Crippen LogP contribution < -0.4 is 5.73 Å². The largest absolute Gasteiger partial charge is 0.337 e. The number of hydrogen-bond donors (Lipinski definition) is 1. The second kappa shape index (κ2) is 3.98. The molecule has 0 saturated carbocycles. The zero-order valence-corrected chi connectivity index (χ0v) is 8.32. The van der Waals surface area contributed by atoms with E-state index in [0.717, 1.165) is 5.56 Å². The Morgan fingerprint density at radius 1 is 1.40 bits per heavy atom. The highest BCUT2D eigenvalue weighted by Gasteiger charge is 2.26. The van der Waals surface area contributed by atoms with Crippen molar-refractivity contribution in [2.75, 3.05) is 6.54 Å². The number of carbonyl (C=O) groups is 1. The lowest BCUT2D eigenvalue weighted by Crippen LogP contribution is -2.27. The Balaban J connectivity index is 2.03. The standard InChI is InChI=1S/C11H13FN2O/c12-9-3-1-8(2-4-9)6-14-7-10(13)5-11(14)15/h1-4,10H,5-7,13H2. The summed E-state index contributed by atoms with van der Waals surface area (Å²) in [7, 11) is 0. The van der Waals surface area contributed by atoms with Crippen molar-refractivity contribution >= 4 is 5.91 Å². The Labute approximate surface area is 87.7 Å². The lowest BCUT2D eigenvalue weighted by molar-refractivity contribution is -0.128. The number of halogens is 1. The zero-order valence-electron chi connectivity index (χ0n) is 8.32. The lowest BCUT2D eigenvalue weighted by Gasteiger charge is -2.15. The van der Waals surface area contributed by atoms with E-state index in [1.54, 1.807) is 17.0 Å². The van der Waals surface area contributed by atoms with Crippen LogP contribution in [0.3, 0.4) is 0 Å². The summed E-state index contributed by atoms with van der Waals surface area (Å²) in [5.74, 6) is -0.185. The van der Waals surface area contributed by atoms with Crippen molar-refractivity contribution in [3.63, 3.8) is 0 Å². The number of nitrogens with two attached hydrogens (primary N) is 1. The fourth-order valence-electron chi connectivity index (χ4n) is 1.77. The molecule has 1 atom stereocenters. The van der Waals surface area contributed by atoms with Crippen molar-refractivity contribution in [3.8, 4) is 0 Å². The monoisotopic (exact) mass is 208 g/mol. The molecule has 1 aliphatic heterocycles. The van der Waals surface area contributed by atoms with Crippen LogP contribution in [0.1, 0.15) is 12.0 Å². The molecule has 1 aromatic carbocycles. The van der Waals surface area contributed by atoms with Crippen molar-refractivity contribution in [2.24, 2.45) is 5.73 Å². The van der Waals surface area contributed by atoms with Crippen LogP contribution >= 0.6 is 0 Å². The predicted octanol–water partition coefficient (Wildman–Crippen LogP) is 0.885. The number of likely N-dealkylation sites (tertiary alicyclic amines) is 1. The maximum atomic E-state index is 12.6. The SMILES string of the molecule is NC1CC(=O)N(Cc2ccc(F)cc2)C1. The summed E-state index contributed by atoms with van der Waals surface area (Å²) < 4.78 is 12.6. The summed E-state index contributed by atoms with van der Waals surface area (Å²) in [5, 5.41) is 0. The first kappa shape index (κ1) is 10.1. The third kappa shape index (κ3) is 2.33. The van der Waals surface area contributed by atoms with Gasteiger partial charge in [-0.15, -0.1) is 0 Å². The average molecular weight is 208 g/mol. The zero-order chi connectivity index (χ0) is 10.8. The molecule has 2 N–H and O–H groups in total. The Hall–Kier alpha value is -1.42. The Morgan fingerprint density at radius 3 is 2.60 bits per heavy atom. The molecule has 0 aromatic heterocycles. The first-order valence-electron chi connectivity index (χ1n) is 4.93. The fourth-order valence-corrected chi connectivity index (χ4v) is 1.77. The quantitative estimate of drug-likeness (QED) is 0.784. The van der Waals surface area contributed by atoms with E-state index in [2.05, 4.69) is 0 Å². The summed E-state index contributed by atoms with van der Waals surface area (Å²) in [6.07, 6.45) is 0.418. The molecular weight excluding hydrogens is 195 g/mol. The van der Waals surface area contributed by atoms with Gasteiger partial charge in [-0.25, -0.2) is 4.39 Å². The first-order valence-corrected chi connectivity index (χ1v) is 4.93. The molecule has 1 aromatic rings. The van der Waals surface area contributed by atoms with Crippen LogP contribution in [0.15, 0.2) is 24.3 Å². The number of benzene rings is 1. The van der Waals surface area contributed by atoms with E-state index in [0.29, 0.717) is 19.5 Å². The normalized spacial score (nSPS) is 21.1. The van der Waals surface area contributed by atoms with E-state index in [4.69, 9.17) is 5.73 Å². The molecule has 1 heterocycles. The molecule has 0 aliphatic carbocycles. The van der Waals surface area contributed by atoms with E-state index >= 15 is 0 Å². The molecule has 2 rings (SSSR count). The van der Waals surface area contributed by atoms with E-state index in [9.17, 15) is 9.18 Å². The molecule has 0 bridgehead atoms. The van der Waals surface area contributed by atoms with Crippen LogP contribution in [0.4, 0.5) is 4.39 Å². The lowest BCUT2D eigenvalue weighted by atomic mass is 10.2.